The summed E-state index contributed by atoms with van der Waals surface area (Å²) in [5, 5.41) is 2.85. The lowest BCUT2D eigenvalue weighted by Gasteiger charge is -2.09. The van der Waals surface area contributed by atoms with Gasteiger partial charge in [-0.15, -0.1) is 11.3 Å². The SMILES string of the molecule is Clc1cc(Br)cc(-c2nc(-c3cccc4cccnc34)c3sc4ccccc4c3n2)c1. The van der Waals surface area contributed by atoms with Crippen LogP contribution in [0.3, 0.4) is 0 Å². The molecule has 6 aromatic rings. The van der Waals surface area contributed by atoms with Crippen molar-refractivity contribution in [3.8, 4) is 22.6 Å². The van der Waals surface area contributed by atoms with Crippen LogP contribution in [0.15, 0.2) is 83.5 Å². The lowest BCUT2D eigenvalue weighted by atomic mass is 10.1. The minimum Gasteiger partial charge on any atom is -0.256 e. The molecule has 0 amide bonds. The van der Waals surface area contributed by atoms with Crippen molar-refractivity contribution < 1.29 is 0 Å². The van der Waals surface area contributed by atoms with Gasteiger partial charge >= 0.3 is 0 Å². The molecule has 3 heterocycles. The summed E-state index contributed by atoms with van der Waals surface area (Å²) in [6, 6.07) is 24.3. The maximum absolute atomic E-state index is 6.33. The number of thiophene rings is 1. The van der Waals surface area contributed by atoms with Gasteiger partial charge in [-0.2, -0.15) is 0 Å². The van der Waals surface area contributed by atoms with Gasteiger partial charge in [0.05, 0.1) is 21.4 Å². The van der Waals surface area contributed by atoms with Crippen LogP contribution < -0.4 is 0 Å². The van der Waals surface area contributed by atoms with Gasteiger partial charge in [0.25, 0.3) is 0 Å². The summed E-state index contributed by atoms with van der Waals surface area (Å²) < 4.78 is 3.14. The molecular weight excluding hydrogens is 490 g/mol. The highest BCUT2D eigenvalue weighted by Crippen LogP contribution is 2.41. The van der Waals surface area contributed by atoms with E-state index >= 15 is 0 Å². The van der Waals surface area contributed by atoms with E-state index in [-0.39, 0.29) is 0 Å². The Hall–Kier alpha value is -2.86. The first-order valence-corrected chi connectivity index (χ1v) is 11.7. The minimum atomic E-state index is 0.636. The normalized spacial score (nSPS) is 11.5. The fourth-order valence-electron chi connectivity index (χ4n) is 3.88. The van der Waals surface area contributed by atoms with Crippen molar-refractivity contribution in [2.45, 2.75) is 0 Å². The van der Waals surface area contributed by atoms with Crippen LogP contribution in [0.25, 0.3) is 53.9 Å². The third-order valence-electron chi connectivity index (χ3n) is 5.23. The number of pyridine rings is 1. The summed E-state index contributed by atoms with van der Waals surface area (Å²) in [6.07, 6.45) is 1.82. The van der Waals surface area contributed by atoms with Crippen LogP contribution in [-0.4, -0.2) is 15.0 Å². The molecule has 0 saturated carbocycles. The third-order valence-corrected chi connectivity index (χ3v) is 7.07. The summed E-state index contributed by atoms with van der Waals surface area (Å²) in [4.78, 5) is 14.7. The number of hydrogen-bond acceptors (Lipinski definition) is 4. The van der Waals surface area contributed by atoms with Crippen molar-refractivity contribution in [2.75, 3.05) is 0 Å². The van der Waals surface area contributed by atoms with Gasteiger partial charge in [0.15, 0.2) is 5.82 Å². The van der Waals surface area contributed by atoms with Gasteiger partial charge in [0.1, 0.15) is 0 Å². The van der Waals surface area contributed by atoms with Gasteiger partial charge in [-0.3, -0.25) is 4.98 Å². The van der Waals surface area contributed by atoms with Crippen molar-refractivity contribution >= 4 is 70.1 Å². The van der Waals surface area contributed by atoms with E-state index in [4.69, 9.17) is 21.6 Å². The number of aromatic nitrogens is 3. The van der Waals surface area contributed by atoms with Crippen molar-refractivity contribution in [3.05, 3.63) is 88.5 Å². The molecule has 0 aliphatic rings. The second-order valence-corrected chi connectivity index (χ2v) is 9.61. The monoisotopic (exact) mass is 501 g/mol. The molecule has 0 aliphatic carbocycles. The molecule has 31 heavy (non-hydrogen) atoms. The summed E-state index contributed by atoms with van der Waals surface area (Å²) in [6.45, 7) is 0. The zero-order chi connectivity index (χ0) is 20.9. The van der Waals surface area contributed by atoms with E-state index in [1.807, 2.05) is 36.5 Å². The molecule has 6 rings (SSSR count). The molecule has 0 radical (unpaired) electrons. The first-order valence-electron chi connectivity index (χ1n) is 9.67. The molecule has 0 saturated heterocycles. The van der Waals surface area contributed by atoms with Crippen molar-refractivity contribution in [3.63, 3.8) is 0 Å². The standard InChI is InChI=1S/C25H13BrClN3S/c26-16-11-15(12-17(27)13-16)25-29-22-18-7-1-2-9-20(18)31-24(22)23(30-25)19-8-3-5-14-6-4-10-28-21(14)19/h1-13H. The van der Waals surface area contributed by atoms with Crippen LogP contribution in [0, 0.1) is 0 Å². The fraction of sp³-hybridized carbons (Fsp3) is 0. The van der Waals surface area contributed by atoms with Crippen molar-refractivity contribution in [2.24, 2.45) is 0 Å². The number of hydrogen-bond donors (Lipinski definition) is 0. The summed E-state index contributed by atoms with van der Waals surface area (Å²) >= 11 is 11.6. The van der Waals surface area contributed by atoms with Crippen LogP contribution >= 0.6 is 38.9 Å². The highest BCUT2D eigenvalue weighted by Gasteiger charge is 2.18. The largest absolute Gasteiger partial charge is 0.256 e. The molecule has 0 bridgehead atoms. The Kier molecular flexibility index (Phi) is 4.49. The van der Waals surface area contributed by atoms with Crippen LogP contribution in [0.4, 0.5) is 0 Å². The Morgan fingerprint density at radius 3 is 2.61 bits per heavy atom. The second-order valence-electron chi connectivity index (χ2n) is 7.21. The molecular formula is C25H13BrClN3S. The number of halogens is 2. The van der Waals surface area contributed by atoms with Crippen LogP contribution in [0.2, 0.25) is 5.02 Å². The van der Waals surface area contributed by atoms with Crippen molar-refractivity contribution in [1.29, 1.82) is 0 Å². The number of rotatable bonds is 2. The molecule has 6 heteroatoms. The quantitative estimate of drug-likeness (QED) is 0.240. The molecule has 0 N–H and O–H groups in total. The number of benzene rings is 3. The fourth-order valence-corrected chi connectivity index (χ4v) is 5.89. The number of nitrogens with zero attached hydrogens (tertiary/aromatic N) is 3. The minimum absolute atomic E-state index is 0.636. The summed E-state index contributed by atoms with van der Waals surface area (Å²) in [5.41, 5.74) is 4.64. The molecule has 148 valence electrons. The van der Waals surface area contributed by atoms with E-state index in [0.717, 1.165) is 47.8 Å². The van der Waals surface area contributed by atoms with Crippen molar-refractivity contribution in [1.82, 2.24) is 15.0 Å². The maximum atomic E-state index is 6.33. The Labute approximate surface area is 195 Å². The first kappa shape index (κ1) is 18.9. The van der Waals surface area contributed by atoms with Gasteiger partial charge in [-0.05, 0) is 30.3 Å². The summed E-state index contributed by atoms with van der Waals surface area (Å²) in [7, 11) is 0. The van der Waals surface area contributed by atoms with E-state index in [2.05, 4.69) is 63.4 Å². The Morgan fingerprint density at radius 2 is 1.71 bits per heavy atom. The molecule has 0 fully saturated rings. The predicted molar refractivity (Wildman–Crippen MR) is 134 cm³/mol. The highest BCUT2D eigenvalue weighted by atomic mass is 79.9. The molecule has 3 aromatic carbocycles. The molecule has 0 atom stereocenters. The van der Waals surface area contributed by atoms with Crippen LogP contribution in [0.5, 0.6) is 0 Å². The van der Waals surface area contributed by atoms with Gasteiger partial charge < -0.3 is 0 Å². The third kappa shape index (κ3) is 3.21. The predicted octanol–water partition coefficient (Wildman–Crippen LogP) is 8.14. The Bertz CT molecular complexity index is 1600. The van der Waals surface area contributed by atoms with Crippen LogP contribution in [0.1, 0.15) is 0 Å². The van der Waals surface area contributed by atoms with E-state index in [1.54, 1.807) is 11.3 Å². The van der Waals surface area contributed by atoms with E-state index in [9.17, 15) is 0 Å². The van der Waals surface area contributed by atoms with Gasteiger partial charge in [-0.25, -0.2) is 9.97 Å². The van der Waals surface area contributed by atoms with E-state index in [1.165, 1.54) is 4.70 Å². The lowest BCUT2D eigenvalue weighted by molar-refractivity contribution is 1.24. The zero-order valence-corrected chi connectivity index (χ0v) is 19.2. The van der Waals surface area contributed by atoms with Crippen LogP contribution in [-0.2, 0) is 0 Å². The molecule has 0 aliphatic heterocycles. The Morgan fingerprint density at radius 1 is 0.839 bits per heavy atom. The van der Waals surface area contributed by atoms with E-state index < -0.39 is 0 Å². The smallest absolute Gasteiger partial charge is 0.160 e. The lowest BCUT2D eigenvalue weighted by Crippen LogP contribution is -1.95. The van der Waals surface area contributed by atoms with Gasteiger partial charge in [-0.1, -0.05) is 70.0 Å². The topological polar surface area (TPSA) is 38.7 Å². The number of fused-ring (bicyclic) bond motifs is 4. The molecule has 0 spiro atoms. The molecule has 3 nitrogen and oxygen atoms in total. The zero-order valence-electron chi connectivity index (χ0n) is 16.0. The Balaban J connectivity index is 1.75. The average molecular weight is 503 g/mol. The highest BCUT2D eigenvalue weighted by molar-refractivity contribution is 9.10. The van der Waals surface area contributed by atoms with Gasteiger partial charge in [0, 0.05) is 42.3 Å². The molecule has 0 unspecified atom stereocenters. The second kappa shape index (κ2) is 7.38. The summed E-state index contributed by atoms with van der Waals surface area (Å²) in [5.74, 6) is 0.641. The van der Waals surface area contributed by atoms with Gasteiger partial charge in [0.2, 0.25) is 0 Å². The molecule has 3 aromatic heterocycles. The average Bonchev–Trinajstić information content (AvgIpc) is 3.16. The number of para-hydroxylation sites is 1. The first-order chi connectivity index (χ1) is 15.2. The maximum Gasteiger partial charge on any atom is 0.160 e. The van der Waals surface area contributed by atoms with E-state index in [0.29, 0.717) is 10.8 Å².